The highest BCUT2D eigenvalue weighted by atomic mass is 16.5. The molecule has 1 aliphatic heterocycles. The van der Waals surface area contributed by atoms with Gasteiger partial charge in [-0.3, -0.25) is 4.79 Å². The highest BCUT2D eigenvalue weighted by molar-refractivity contribution is 5.78. The van der Waals surface area contributed by atoms with Crippen molar-refractivity contribution in [2.75, 3.05) is 6.54 Å². The first-order valence-corrected chi connectivity index (χ1v) is 6.80. The average Bonchev–Trinajstić information content (AvgIpc) is 2.58. The largest absolute Gasteiger partial charge is 0.373 e. The molecule has 2 atom stereocenters. The van der Waals surface area contributed by atoms with Gasteiger partial charge in [-0.1, -0.05) is 27.7 Å². The first-order valence-electron chi connectivity index (χ1n) is 6.80. The molecule has 0 aromatic carbocycles. The van der Waals surface area contributed by atoms with Crippen LogP contribution >= 0.6 is 0 Å². The number of hydrogen-bond acceptors (Lipinski definition) is 2. The number of likely N-dealkylation sites (tertiary alicyclic amines) is 1. The molecule has 0 aliphatic carbocycles. The quantitative estimate of drug-likeness (QED) is 0.757. The summed E-state index contributed by atoms with van der Waals surface area (Å²) in [6, 6.07) is 0.243. The van der Waals surface area contributed by atoms with E-state index in [4.69, 9.17) is 4.74 Å². The monoisotopic (exact) mass is 241 g/mol. The second kappa shape index (κ2) is 5.85. The molecule has 0 bridgehead atoms. The molecule has 3 nitrogen and oxygen atoms in total. The maximum Gasteiger partial charge on any atom is 0.225 e. The zero-order chi connectivity index (χ0) is 13.2. The summed E-state index contributed by atoms with van der Waals surface area (Å²) in [7, 11) is 0. The van der Waals surface area contributed by atoms with Crippen molar-refractivity contribution in [3.05, 3.63) is 0 Å². The van der Waals surface area contributed by atoms with E-state index in [2.05, 4.69) is 27.7 Å². The van der Waals surface area contributed by atoms with Crippen LogP contribution in [0.1, 0.15) is 48.0 Å². The third-order valence-electron chi connectivity index (χ3n) is 3.30. The lowest BCUT2D eigenvalue weighted by Crippen LogP contribution is -2.45. The van der Waals surface area contributed by atoms with Crippen LogP contribution in [0.3, 0.4) is 0 Å². The number of carbonyl (C=O) groups excluding carboxylic acids is 1. The van der Waals surface area contributed by atoms with Crippen molar-refractivity contribution in [2.24, 2.45) is 11.8 Å². The summed E-state index contributed by atoms with van der Waals surface area (Å²) >= 11 is 0. The number of amides is 1. The Balaban J connectivity index is 2.77. The van der Waals surface area contributed by atoms with Crippen molar-refractivity contribution in [1.29, 1.82) is 0 Å². The molecule has 0 unspecified atom stereocenters. The summed E-state index contributed by atoms with van der Waals surface area (Å²) < 4.78 is 5.95. The average molecular weight is 241 g/mol. The molecule has 1 aliphatic rings. The molecule has 0 radical (unpaired) electrons. The molecule has 0 aromatic heterocycles. The Morgan fingerprint density at radius 2 is 1.76 bits per heavy atom. The van der Waals surface area contributed by atoms with Crippen molar-refractivity contribution in [3.63, 3.8) is 0 Å². The molecule has 1 fully saturated rings. The van der Waals surface area contributed by atoms with Gasteiger partial charge < -0.3 is 9.64 Å². The van der Waals surface area contributed by atoms with Crippen molar-refractivity contribution in [1.82, 2.24) is 4.90 Å². The summed E-state index contributed by atoms with van der Waals surface area (Å²) in [5, 5.41) is 0. The minimum atomic E-state index is 0.0778. The SMILES string of the molecule is CC(C)O[C@H]1CCN(C(=O)C(C)C)[C@@H]1C(C)C. The molecular formula is C14H27NO2. The van der Waals surface area contributed by atoms with Crippen molar-refractivity contribution in [3.8, 4) is 0 Å². The van der Waals surface area contributed by atoms with Crippen LogP contribution in [-0.2, 0) is 9.53 Å². The van der Waals surface area contributed by atoms with E-state index in [0.29, 0.717) is 5.92 Å². The summed E-state index contributed by atoms with van der Waals surface area (Å²) in [5.74, 6) is 0.788. The Morgan fingerprint density at radius 3 is 2.18 bits per heavy atom. The third kappa shape index (κ3) is 3.44. The lowest BCUT2D eigenvalue weighted by atomic mass is 9.98. The van der Waals surface area contributed by atoms with Gasteiger partial charge in [0, 0.05) is 12.5 Å². The van der Waals surface area contributed by atoms with E-state index >= 15 is 0 Å². The van der Waals surface area contributed by atoms with Gasteiger partial charge in [-0.25, -0.2) is 0 Å². The van der Waals surface area contributed by atoms with E-state index in [1.165, 1.54) is 0 Å². The zero-order valence-electron chi connectivity index (χ0n) is 12.1. The van der Waals surface area contributed by atoms with Gasteiger partial charge >= 0.3 is 0 Å². The van der Waals surface area contributed by atoms with Crippen LogP contribution in [0.25, 0.3) is 0 Å². The van der Waals surface area contributed by atoms with Crippen molar-refractivity contribution in [2.45, 2.75) is 66.2 Å². The fourth-order valence-electron chi connectivity index (χ4n) is 2.66. The zero-order valence-corrected chi connectivity index (χ0v) is 12.1. The molecule has 1 rings (SSSR count). The Hall–Kier alpha value is -0.570. The van der Waals surface area contributed by atoms with Gasteiger partial charge in [0.05, 0.1) is 18.2 Å². The van der Waals surface area contributed by atoms with Crippen molar-refractivity contribution < 1.29 is 9.53 Å². The summed E-state index contributed by atoms with van der Waals surface area (Å²) in [6.07, 6.45) is 1.41. The van der Waals surface area contributed by atoms with Gasteiger partial charge in [0.15, 0.2) is 0 Å². The molecule has 1 heterocycles. The number of rotatable bonds is 4. The van der Waals surface area contributed by atoms with Crippen LogP contribution in [0.5, 0.6) is 0 Å². The van der Waals surface area contributed by atoms with E-state index in [-0.39, 0.29) is 30.1 Å². The molecule has 17 heavy (non-hydrogen) atoms. The molecular weight excluding hydrogens is 214 g/mol. The molecule has 1 saturated heterocycles. The molecule has 0 spiro atoms. The molecule has 0 N–H and O–H groups in total. The van der Waals surface area contributed by atoms with Crippen LogP contribution in [0.15, 0.2) is 0 Å². The molecule has 3 heteroatoms. The van der Waals surface area contributed by atoms with Crippen LogP contribution in [0.2, 0.25) is 0 Å². The minimum absolute atomic E-state index is 0.0778. The molecule has 1 amide bonds. The van der Waals surface area contributed by atoms with E-state index in [1.807, 2.05) is 18.7 Å². The van der Waals surface area contributed by atoms with Crippen molar-refractivity contribution >= 4 is 5.91 Å². The first kappa shape index (κ1) is 14.5. The van der Waals surface area contributed by atoms with Crippen LogP contribution in [0, 0.1) is 11.8 Å². The fraction of sp³-hybridized carbons (Fsp3) is 0.929. The second-order valence-corrected chi connectivity index (χ2v) is 5.93. The highest BCUT2D eigenvalue weighted by Gasteiger charge is 2.40. The van der Waals surface area contributed by atoms with Gasteiger partial charge in [0.25, 0.3) is 0 Å². The van der Waals surface area contributed by atoms with Crippen LogP contribution in [0.4, 0.5) is 0 Å². The normalized spacial score (nSPS) is 25.4. The minimum Gasteiger partial charge on any atom is -0.373 e. The maximum atomic E-state index is 12.2. The van der Waals surface area contributed by atoms with E-state index in [9.17, 15) is 4.79 Å². The molecule has 0 aromatic rings. The topological polar surface area (TPSA) is 29.5 Å². The Labute approximate surface area is 106 Å². The third-order valence-corrected chi connectivity index (χ3v) is 3.30. The first-order chi connectivity index (χ1) is 7.84. The second-order valence-electron chi connectivity index (χ2n) is 5.93. The molecule has 0 saturated carbocycles. The smallest absolute Gasteiger partial charge is 0.225 e. The number of carbonyl (C=O) groups is 1. The lowest BCUT2D eigenvalue weighted by molar-refractivity contribution is -0.138. The van der Waals surface area contributed by atoms with Gasteiger partial charge in [-0.15, -0.1) is 0 Å². The standard InChI is InChI=1S/C14H27NO2/c1-9(2)13-12(17-11(5)6)7-8-15(13)14(16)10(3)4/h9-13H,7-8H2,1-6H3/t12-,13+/m0/s1. The number of ether oxygens (including phenoxy) is 1. The van der Waals surface area contributed by atoms with Crippen LogP contribution < -0.4 is 0 Å². The van der Waals surface area contributed by atoms with Gasteiger partial charge in [0.1, 0.15) is 0 Å². The van der Waals surface area contributed by atoms with Gasteiger partial charge in [0.2, 0.25) is 5.91 Å². The Bertz CT molecular complexity index is 261. The fourth-order valence-corrected chi connectivity index (χ4v) is 2.66. The van der Waals surface area contributed by atoms with Gasteiger partial charge in [-0.2, -0.15) is 0 Å². The summed E-state index contributed by atoms with van der Waals surface area (Å²) in [6.45, 7) is 13.2. The maximum absolute atomic E-state index is 12.2. The van der Waals surface area contributed by atoms with E-state index in [0.717, 1.165) is 13.0 Å². The Morgan fingerprint density at radius 1 is 1.18 bits per heavy atom. The Kier molecular flexibility index (Phi) is 4.99. The predicted octanol–water partition coefficient (Wildman–Crippen LogP) is 2.69. The van der Waals surface area contributed by atoms with Crippen LogP contribution in [-0.4, -0.2) is 35.6 Å². The van der Waals surface area contributed by atoms with E-state index in [1.54, 1.807) is 0 Å². The lowest BCUT2D eigenvalue weighted by Gasteiger charge is -2.33. The summed E-state index contributed by atoms with van der Waals surface area (Å²) in [4.78, 5) is 14.2. The van der Waals surface area contributed by atoms with E-state index < -0.39 is 0 Å². The van der Waals surface area contributed by atoms with Gasteiger partial charge in [-0.05, 0) is 26.2 Å². The summed E-state index contributed by atoms with van der Waals surface area (Å²) in [5.41, 5.74) is 0. The predicted molar refractivity (Wildman–Crippen MR) is 69.8 cm³/mol. The molecule has 100 valence electrons. The highest BCUT2D eigenvalue weighted by Crippen LogP contribution is 2.28. The number of nitrogens with zero attached hydrogens (tertiary/aromatic N) is 1. The number of hydrogen-bond donors (Lipinski definition) is 0.